The number of guanidine groups is 1. The first-order chi connectivity index (χ1) is 36.6. The number of rotatable bonds is 32. The molecule has 0 saturated heterocycles. The summed E-state index contributed by atoms with van der Waals surface area (Å²) in [7, 11) is 0. The Kier molecular flexibility index (Phi) is 24.2. The fourth-order valence-electron chi connectivity index (χ4n) is 8.81. The molecule has 4 aromatic carbocycles. The minimum Gasteiger partial charge on any atom is -0.394 e. The summed E-state index contributed by atoms with van der Waals surface area (Å²) in [5, 5.41) is 32.9. The number of nitrogens with zero attached hydrogens (tertiary/aromatic N) is 2. The molecular formula is C53H78N14O10. The summed E-state index contributed by atoms with van der Waals surface area (Å²) in [6.45, 7) is 7.06. The first-order valence-corrected chi connectivity index (χ1v) is 26.1. The van der Waals surface area contributed by atoms with E-state index in [0.29, 0.717) is 43.2 Å². The Balaban J connectivity index is 1.62. The molecule has 0 fully saturated rings. The van der Waals surface area contributed by atoms with E-state index in [4.69, 9.17) is 28.7 Å². The van der Waals surface area contributed by atoms with Crippen LogP contribution >= 0.6 is 0 Å². The Morgan fingerprint density at radius 1 is 0.610 bits per heavy atom. The van der Waals surface area contributed by atoms with E-state index in [2.05, 4.69) is 42.2 Å². The van der Waals surface area contributed by atoms with Gasteiger partial charge in [-0.25, -0.2) is 0 Å². The average Bonchev–Trinajstić information content (AvgIpc) is 3.46. The molecule has 77 heavy (non-hydrogen) atoms. The Hall–Kier alpha value is -7.70. The molecular weight excluding hydrogens is 993 g/mol. The normalized spacial score (nSPS) is 14.0. The molecule has 0 spiro atoms. The molecule has 0 unspecified atom stereocenters. The number of benzene rings is 4. The molecule has 18 N–H and O–H groups in total. The number of carbonyl (C=O) groups is 9. The molecule has 0 aliphatic carbocycles. The third kappa shape index (κ3) is 18.0. The van der Waals surface area contributed by atoms with Crippen molar-refractivity contribution in [1.29, 1.82) is 0 Å². The molecule has 7 atom stereocenters. The minimum absolute atomic E-state index is 0.0915. The van der Waals surface area contributed by atoms with E-state index in [0.717, 1.165) is 26.9 Å². The Bertz CT molecular complexity index is 2720. The lowest BCUT2D eigenvalue weighted by Gasteiger charge is -2.33. The minimum atomic E-state index is -1.45. The van der Waals surface area contributed by atoms with Crippen LogP contribution in [0.3, 0.4) is 0 Å². The van der Waals surface area contributed by atoms with Gasteiger partial charge in [-0.05, 0) is 104 Å². The van der Waals surface area contributed by atoms with Crippen LogP contribution in [0.15, 0.2) is 59.6 Å². The van der Waals surface area contributed by atoms with Crippen molar-refractivity contribution >= 4 is 97.1 Å². The summed E-state index contributed by atoms with van der Waals surface area (Å²) in [5.74, 6) is -6.98. The highest BCUT2D eigenvalue weighted by Crippen LogP contribution is 2.39. The van der Waals surface area contributed by atoms with Crippen molar-refractivity contribution < 1.29 is 48.3 Å². The fourth-order valence-corrected chi connectivity index (χ4v) is 8.81. The Morgan fingerprint density at radius 3 is 1.78 bits per heavy atom. The molecule has 420 valence electrons. The van der Waals surface area contributed by atoms with Gasteiger partial charge in [-0.15, -0.1) is 0 Å². The summed E-state index contributed by atoms with van der Waals surface area (Å²) in [5.41, 5.74) is 28.3. The van der Waals surface area contributed by atoms with E-state index >= 15 is 0 Å². The number of aliphatic hydroxyl groups is 1. The zero-order chi connectivity index (χ0) is 56.9. The smallest absolute Gasteiger partial charge is 0.250 e. The van der Waals surface area contributed by atoms with Crippen LogP contribution in [-0.4, -0.2) is 139 Å². The first-order valence-electron chi connectivity index (χ1n) is 26.1. The summed E-state index contributed by atoms with van der Waals surface area (Å²) in [6.07, 6.45) is 2.95. The molecule has 24 heteroatoms. The summed E-state index contributed by atoms with van der Waals surface area (Å²) >= 11 is 0. The number of hydrogen-bond donors (Lipinski definition) is 13. The highest BCUT2D eigenvalue weighted by Gasteiger charge is 2.36. The zero-order valence-corrected chi connectivity index (χ0v) is 44.6. The molecule has 4 rings (SSSR count). The molecule has 0 aromatic heterocycles. The molecule has 0 heterocycles. The average molecular weight is 1070 g/mol. The fraction of sp³-hybridized carbons (Fsp3) is 0.509. The van der Waals surface area contributed by atoms with Crippen LogP contribution in [0, 0.1) is 5.92 Å². The number of hydrogen-bond acceptors (Lipinski definition) is 13. The lowest BCUT2D eigenvalue weighted by Crippen LogP contribution is -2.60. The van der Waals surface area contributed by atoms with Crippen molar-refractivity contribution in [3.63, 3.8) is 0 Å². The number of primary amides is 1. The van der Waals surface area contributed by atoms with Crippen molar-refractivity contribution in [3.05, 3.63) is 54.6 Å². The third-order valence-electron chi connectivity index (χ3n) is 12.9. The number of unbranched alkanes of at least 4 members (excludes halogenated alkanes) is 2. The van der Waals surface area contributed by atoms with Gasteiger partial charge in [0, 0.05) is 11.9 Å². The van der Waals surface area contributed by atoms with Gasteiger partial charge in [-0.2, -0.15) is 0 Å². The van der Waals surface area contributed by atoms with Crippen molar-refractivity contribution in [2.45, 2.75) is 135 Å². The maximum atomic E-state index is 14.9. The topological polar surface area (TPSA) is 404 Å². The maximum Gasteiger partial charge on any atom is 0.250 e. The second-order valence-corrected chi connectivity index (χ2v) is 19.6. The standard InChI is InChI=1S/C53H78N14O10/c1-6-7-15-37(51(76)66-39(25-29(2)3)48(73)61-27-43(70)63-40(28-68)49(74)60-26-42(56)69)65-50(75)38(16-8-9-23-54)64-46(71)31(5)67(52(77)30(4)62-47(72)36(55)14-11-24-59-53(57)58)41-22-20-34-18-17-32-12-10-13-33-19-21-35(41)45(34)44(32)33/h10,12-13,17-22,29-31,36-40,68H,6-9,11,14-16,23-28,54-55H2,1-5H3,(H2,56,69)(H,60,74)(H,61,73)(H,62,72)(H,63,70)(H,64,71)(H,65,75)(H,66,76)(H4,57,58,59)/t30-,31-,36-,37-,38-,39-,40-/m0/s1. The van der Waals surface area contributed by atoms with Crippen LogP contribution in [-0.2, 0) is 43.2 Å². The number of anilines is 1. The Labute approximate surface area is 447 Å². The van der Waals surface area contributed by atoms with Crippen LogP contribution in [0.4, 0.5) is 5.69 Å². The molecule has 0 radical (unpaired) electrons. The molecule has 9 amide bonds. The van der Waals surface area contributed by atoms with E-state index in [1.165, 1.54) is 18.7 Å². The van der Waals surface area contributed by atoms with Gasteiger partial charge >= 0.3 is 0 Å². The van der Waals surface area contributed by atoms with Crippen molar-refractivity contribution in [3.8, 4) is 0 Å². The summed E-state index contributed by atoms with van der Waals surface area (Å²) in [4.78, 5) is 127. The molecule has 24 nitrogen and oxygen atoms in total. The van der Waals surface area contributed by atoms with Crippen LogP contribution in [0.2, 0.25) is 0 Å². The maximum absolute atomic E-state index is 14.9. The number of amides is 9. The van der Waals surface area contributed by atoms with Gasteiger partial charge < -0.3 is 71.0 Å². The number of nitrogens with two attached hydrogens (primary N) is 5. The van der Waals surface area contributed by atoms with E-state index in [1.54, 1.807) is 6.07 Å². The van der Waals surface area contributed by atoms with E-state index in [9.17, 15) is 48.3 Å². The second kappa shape index (κ2) is 30.1. The number of carbonyl (C=O) groups excluding carboxylic acids is 9. The quantitative estimate of drug-likeness (QED) is 0.0123. The summed E-state index contributed by atoms with van der Waals surface area (Å²) in [6, 6.07) is 8.73. The van der Waals surface area contributed by atoms with Gasteiger partial charge in [-0.1, -0.05) is 82.1 Å². The van der Waals surface area contributed by atoms with E-state index in [1.807, 2.05) is 69.3 Å². The van der Waals surface area contributed by atoms with Gasteiger partial charge in [-0.3, -0.25) is 53.0 Å². The van der Waals surface area contributed by atoms with Crippen LogP contribution in [0.5, 0.6) is 0 Å². The van der Waals surface area contributed by atoms with Crippen LogP contribution in [0.25, 0.3) is 32.3 Å². The third-order valence-corrected chi connectivity index (χ3v) is 12.9. The van der Waals surface area contributed by atoms with Crippen LogP contribution < -0.4 is 70.8 Å². The Morgan fingerprint density at radius 2 is 1.18 bits per heavy atom. The second-order valence-electron chi connectivity index (χ2n) is 19.6. The highest BCUT2D eigenvalue weighted by molar-refractivity contribution is 6.26. The van der Waals surface area contributed by atoms with Crippen LogP contribution in [0.1, 0.15) is 92.4 Å². The molecule has 0 bridgehead atoms. The lowest BCUT2D eigenvalue weighted by molar-refractivity contribution is -0.135. The van der Waals surface area contributed by atoms with Crippen molar-refractivity contribution in [2.75, 3.05) is 37.7 Å². The highest BCUT2D eigenvalue weighted by atomic mass is 16.3. The van der Waals surface area contributed by atoms with Gasteiger partial charge in [0.25, 0.3) is 0 Å². The largest absolute Gasteiger partial charge is 0.394 e. The predicted octanol–water partition coefficient (Wildman–Crippen LogP) is -0.794. The molecule has 0 saturated carbocycles. The number of aliphatic hydroxyl groups excluding tert-OH is 1. The SMILES string of the molecule is CCCC[C@H](NC(=O)[C@H](CCCCN)NC(=O)[C@H](C)N(C(=O)[C@H](C)NC(=O)[C@@H](N)CCCN=C(N)N)c1ccc2ccc3cccc4ccc1c2c34)C(=O)N[C@@H](CC(C)C)C(=O)NCC(=O)N[C@@H](CO)C(=O)NCC(N)=O. The summed E-state index contributed by atoms with van der Waals surface area (Å²) < 4.78 is 0. The van der Waals surface area contributed by atoms with E-state index < -0.39 is 115 Å². The zero-order valence-electron chi connectivity index (χ0n) is 44.6. The molecule has 0 aliphatic heterocycles. The lowest BCUT2D eigenvalue weighted by atomic mass is 9.93. The number of aliphatic imine (C=N–C) groups is 1. The van der Waals surface area contributed by atoms with Gasteiger partial charge in [0.05, 0.1) is 31.4 Å². The number of nitrogens with one attached hydrogen (secondary N) is 7. The monoisotopic (exact) mass is 1070 g/mol. The van der Waals surface area contributed by atoms with Gasteiger partial charge in [0.1, 0.15) is 36.3 Å². The predicted molar refractivity (Wildman–Crippen MR) is 294 cm³/mol. The van der Waals surface area contributed by atoms with E-state index in [-0.39, 0.29) is 50.7 Å². The molecule has 0 aliphatic rings. The van der Waals surface area contributed by atoms with Crippen molar-refractivity contribution in [2.24, 2.45) is 39.6 Å². The first kappa shape index (κ1) is 61.8. The molecule has 4 aromatic rings. The van der Waals surface area contributed by atoms with Gasteiger partial charge in [0.2, 0.25) is 53.2 Å². The van der Waals surface area contributed by atoms with Crippen molar-refractivity contribution in [1.82, 2.24) is 37.2 Å². The van der Waals surface area contributed by atoms with Gasteiger partial charge in [0.15, 0.2) is 5.96 Å².